The Kier molecular flexibility index (Phi) is 5.02. The molecule has 1 saturated heterocycles. The number of hydrazone groups is 1. The highest BCUT2D eigenvalue weighted by molar-refractivity contribution is 6.47. The molecule has 4 rings (SSSR count). The molecule has 2 unspecified atom stereocenters. The molecule has 7 nitrogen and oxygen atoms in total. The number of rotatable bonds is 4. The first-order valence-corrected chi connectivity index (χ1v) is 9.61. The maximum atomic E-state index is 13.2. The van der Waals surface area contributed by atoms with E-state index in [1.807, 2.05) is 0 Å². The van der Waals surface area contributed by atoms with E-state index in [9.17, 15) is 14.4 Å². The maximum absolute atomic E-state index is 13.2. The largest absolute Gasteiger partial charge is 0.461 e. The SMILES string of the molecule is CCOC(=O)C1=NN(c2ccc(Cl)cc2)C2C(=O)N(c3ccc(Cl)cc3)C(=O)C12. The molecule has 2 amide bonds. The van der Waals surface area contributed by atoms with Gasteiger partial charge >= 0.3 is 5.97 Å². The minimum atomic E-state index is -1.06. The molecule has 2 aliphatic rings. The quantitative estimate of drug-likeness (QED) is 0.547. The third kappa shape index (κ3) is 3.26. The molecule has 9 heteroatoms. The third-order valence-corrected chi connectivity index (χ3v) is 5.21. The summed E-state index contributed by atoms with van der Waals surface area (Å²) in [4.78, 5) is 39.9. The van der Waals surface area contributed by atoms with Gasteiger partial charge in [0.1, 0.15) is 12.0 Å². The van der Waals surface area contributed by atoms with E-state index in [-0.39, 0.29) is 12.3 Å². The zero-order valence-electron chi connectivity index (χ0n) is 15.2. The van der Waals surface area contributed by atoms with Crippen molar-refractivity contribution in [2.24, 2.45) is 11.0 Å². The van der Waals surface area contributed by atoms with Gasteiger partial charge in [-0.2, -0.15) is 5.10 Å². The minimum Gasteiger partial charge on any atom is -0.461 e. The average molecular weight is 432 g/mol. The van der Waals surface area contributed by atoms with E-state index >= 15 is 0 Å². The predicted molar refractivity (Wildman–Crippen MR) is 109 cm³/mol. The van der Waals surface area contributed by atoms with Crippen molar-refractivity contribution in [3.63, 3.8) is 0 Å². The second-order valence-corrected chi connectivity index (χ2v) is 7.31. The summed E-state index contributed by atoms with van der Waals surface area (Å²) in [6.07, 6.45) is 0. The maximum Gasteiger partial charge on any atom is 0.355 e. The van der Waals surface area contributed by atoms with Crippen molar-refractivity contribution in [3.8, 4) is 0 Å². The number of carbonyl (C=O) groups excluding carboxylic acids is 3. The molecule has 0 aromatic heterocycles. The number of esters is 1. The molecule has 29 heavy (non-hydrogen) atoms. The van der Waals surface area contributed by atoms with Crippen LogP contribution in [0.3, 0.4) is 0 Å². The second-order valence-electron chi connectivity index (χ2n) is 6.44. The summed E-state index contributed by atoms with van der Waals surface area (Å²) in [7, 11) is 0. The standard InChI is InChI=1S/C20H15Cl2N3O4/c1-2-29-20(28)16-15-17(25(23-16)14-9-5-12(22)6-10-14)19(27)24(18(15)26)13-7-3-11(21)4-8-13/h3-10,15,17H,2H2,1H3. The molecule has 0 bridgehead atoms. The highest BCUT2D eigenvalue weighted by Crippen LogP contribution is 2.38. The van der Waals surface area contributed by atoms with Gasteiger partial charge in [0.15, 0.2) is 5.71 Å². The van der Waals surface area contributed by atoms with E-state index in [2.05, 4.69) is 5.10 Å². The van der Waals surface area contributed by atoms with Crippen LogP contribution in [-0.2, 0) is 19.1 Å². The number of halogens is 2. The Morgan fingerprint density at radius 3 is 2.07 bits per heavy atom. The molecule has 2 atom stereocenters. The van der Waals surface area contributed by atoms with Gasteiger partial charge in [-0.3, -0.25) is 14.6 Å². The lowest BCUT2D eigenvalue weighted by Crippen LogP contribution is -2.39. The van der Waals surface area contributed by atoms with E-state index in [1.165, 1.54) is 5.01 Å². The van der Waals surface area contributed by atoms with Crippen LogP contribution in [0.25, 0.3) is 0 Å². The van der Waals surface area contributed by atoms with Gasteiger partial charge in [0, 0.05) is 10.0 Å². The average Bonchev–Trinajstić information content (AvgIpc) is 3.21. The third-order valence-electron chi connectivity index (χ3n) is 4.71. The van der Waals surface area contributed by atoms with E-state index in [0.717, 1.165) is 4.90 Å². The van der Waals surface area contributed by atoms with Crippen molar-refractivity contribution in [1.82, 2.24) is 0 Å². The van der Waals surface area contributed by atoms with Crippen LogP contribution in [0.2, 0.25) is 10.0 Å². The fraction of sp³-hybridized carbons (Fsp3) is 0.200. The van der Waals surface area contributed by atoms with Gasteiger partial charge in [-0.1, -0.05) is 23.2 Å². The summed E-state index contributed by atoms with van der Waals surface area (Å²) in [6.45, 7) is 1.78. The molecule has 148 valence electrons. The Bertz CT molecular complexity index is 1020. The van der Waals surface area contributed by atoms with Gasteiger partial charge in [0.2, 0.25) is 5.91 Å². The Morgan fingerprint density at radius 1 is 0.966 bits per heavy atom. The molecule has 0 aliphatic carbocycles. The Labute approximate surface area is 176 Å². The number of anilines is 2. The zero-order valence-corrected chi connectivity index (χ0v) is 16.7. The first-order valence-electron chi connectivity index (χ1n) is 8.86. The van der Waals surface area contributed by atoms with Crippen LogP contribution in [-0.4, -0.2) is 36.1 Å². The summed E-state index contributed by atoms with van der Waals surface area (Å²) in [6, 6.07) is 12.0. The van der Waals surface area contributed by atoms with Gasteiger partial charge in [-0.05, 0) is 55.5 Å². The molecule has 1 fully saturated rings. The van der Waals surface area contributed by atoms with E-state index < -0.39 is 29.7 Å². The Balaban J connectivity index is 1.78. The van der Waals surface area contributed by atoms with Gasteiger partial charge in [0.25, 0.3) is 5.91 Å². The van der Waals surface area contributed by atoms with Gasteiger partial charge in [-0.15, -0.1) is 0 Å². The highest BCUT2D eigenvalue weighted by Gasteiger charge is 2.59. The van der Waals surface area contributed by atoms with Crippen LogP contribution in [0.15, 0.2) is 53.6 Å². The van der Waals surface area contributed by atoms with E-state index in [1.54, 1.807) is 55.5 Å². The Morgan fingerprint density at radius 2 is 1.52 bits per heavy atom. The number of hydrogen-bond donors (Lipinski definition) is 0. The molecule has 2 heterocycles. The summed E-state index contributed by atoms with van der Waals surface area (Å²) in [5.74, 6) is -2.81. The van der Waals surface area contributed by atoms with Crippen molar-refractivity contribution in [1.29, 1.82) is 0 Å². The lowest BCUT2D eigenvalue weighted by Gasteiger charge is -2.22. The van der Waals surface area contributed by atoms with Crippen molar-refractivity contribution in [2.45, 2.75) is 13.0 Å². The number of benzene rings is 2. The van der Waals surface area contributed by atoms with Crippen molar-refractivity contribution < 1.29 is 19.1 Å². The van der Waals surface area contributed by atoms with Crippen LogP contribution in [0, 0.1) is 5.92 Å². The van der Waals surface area contributed by atoms with Crippen LogP contribution in [0.5, 0.6) is 0 Å². The van der Waals surface area contributed by atoms with Gasteiger partial charge < -0.3 is 4.74 Å². The van der Waals surface area contributed by atoms with Crippen molar-refractivity contribution in [3.05, 3.63) is 58.6 Å². The molecule has 0 saturated carbocycles. The topological polar surface area (TPSA) is 79.3 Å². The minimum absolute atomic E-state index is 0.0957. The molecule has 2 aromatic carbocycles. The number of ether oxygens (including phenoxy) is 1. The van der Waals surface area contributed by atoms with Gasteiger partial charge in [0.05, 0.1) is 18.0 Å². The monoisotopic (exact) mass is 431 g/mol. The molecule has 0 N–H and O–H groups in total. The molecule has 2 aromatic rings. The number of amides is 2. The number of carbonyl (C=O) groups is 3. The lowest BCUT2D eigenvalue weighted by molar-refractivity contribution is -0.136. The molecule has 2 aliphatic heterocycles. The normalized spacial score (nSPS) is 20.7. The lowest BCUT2D eigenvalue weighted by atomic mass is 9.98. The highest BCUT2D eigenvalue weighted by atomic mass is 35.5. The molecular formula is C20H15Cl2N3O4. The van der Waals surface area contributed by atoms with Gasteiger partial charge in [-0.25, -0.2) is 9.69 Å². The van der Waals surface area contributed by atoms with Crippen LogP contribution in [0.1, 0.15) is 6.92 Å². The fourth-order valence-corrected chi connectivity index (χ4v) is 3.69. The summed E-state index contributed by atoms with van der Waals surface area (Å²) in [5, 5.41) is 6.64. The summed E-state index contributed by atoms with van der Waals surface area (Å²) in [5.41, 5.74) is 0.808. The smallest absolute Gasteiger partial charge is 0.355 e. The van der Waals surface area contributed by atoms with E-state index in [0.29, 0.717) is 21.4 Å². The number of nitrogens with zero attached hydrogens (tertiary/aromatic N) is 3. The second kappa shape index (κ2) is 7.50. The number of imide groups is 1. The summed E-state index contributed by atoms with van der Waals surface area (Å²) >= 11 is 11.9. The molecule has 0 spiro atoms. The van der Waals surface area contributed by atoms with E-state index in [4.69, 9.17) is 27.9 Å². The van der Waals surface area contributed by atoms with Crippen LogP contribution < -0.4 is 9.91 Å². The van der Waals surface area contributed by atoms with Crippen LogP contribution in [0.4, 0.5) is 11.4 Å². The molecule has 0 radical (unpaired) electrons. The van der Waals surface area contributed by atoms with Crippen molar-refractivity contribution >= 4 is 58.1 Å². The van der Waals surface area contributed by atoms with Crippen molar-refractivity contribution in [2.75, 3.05) is 16.5 Å². The number of fused-ring (bicyclic) bond motifs is 1. The first kappa shape index (κ1) is 19.4. The summed E-state index contributed by atoms with van der Waals surface area (Å²) < 4.78 is 5.06. The number of hydrogen-bond acceptors (Lipinski definition) is 6. The van der Waals surface area contributed by atoms with Crippen LogP contribution >= 0.6 is 23.2 Å². The zero-order chi connectivity index (χ0) is 20.7. The fourth-order valence-electron chi connectivity index (χ4n) is 3.44. The Hall–Kier alpha value is -2.90. The predicted octanol–water partition coefficient (Wildman–Crippen LogP) is 3.29. The molecular weight excluding hydrogens is 417 g/mol. The first-order chi connectivity index (χ1) is 13.9.